The number of nitrogens with zero attached hydrogens (tertiary/aromatic N) is 2. The van der Waals surface area contributed by atoms with Gasteiger partial charge in [-0.3, -0.25) is 0 Å². The fourth-order valence-electron chi connectivity index (χ4n) is 12.2. The molecule has 0 N–H and O–H groups in total. The molecular weight excluding hydrogens is 929 g/mol. The van der Waals surface area contributed by atoms with E-state index in [1.165, 1.54) is 21.9 Å². The van der Waals surface area contributed by atoms with Crippen LogP contribution < -0.4 is 14.5 Å². The molecule has 10 aromatic carbocycles. The number of fused-ring (bicyclic) bond motifs is 12. The highest BCUT2D eigenvalue weighted by Gasteiger charge is 2.40. The second-order valence-corrected chi connectivity index (χ2v) is 20.1. The van der Waals surface area contributed by atoms with Crippen molar-refractivity contribution in [2.75, 3.05) is 9.80 Å². The summed E-state index contributed by atoms with van der Waals surface area (Å²) in [5, 5.41) is 7.88. The summed E-state index contributed by atoms with van der Waals surface area (Å²) >= 11 is 0. The monoisotopic (exact) mass is 980 g/mol. The van der Waals surface area contributed by atoms with Crippen LogP contribution in [0.4, 0.5) is 28.4 Å². The fourth-order valence-corrected chi connectivity index (χ4v) is 12.2. The molecule has 2 unspecified atom stereocenters. The smallest absolute Gasteiger partial charge is 0.159 e. The maximum Gasteiger partial charge on any atom is 0.159 e. The molecule has 0 amide bonds. The zero-order valence-corrected chi connectivity index (χ0v) is 42.5. The van der Waals surface area contributed by atoms with Gasteiger partial charge < -0.3 is 23.4 Å². The molecule has 0 radical (unpaired) electrons. The summed E-state index contributed by atoms with van der Waals surface area (Å²) < 4.78 is 20.6. The number of benzene rings is 10. The first-order valence-corrected chi connectivity index (χ1v) is 26.1. The minimum Gasteiger partial charge on any atom is -0.460 e. The van der Waals surface area contributed by atoms with E-state index in [2.05, 4.69) is 243 Å². The maximum absolute atomic E-state index is 7.43. The summed E-state index contributed by atoms with van der Waals surface area (Å²) in [6.45, 7) is 10.6. The number of ether oxygens (including phenoxy) is 1. The number of aryl methyl sites for hydroxylation is 2. The predicted molar refractivity (Wildman–Crippen MR) is 316 cm³/mol. The first-order valence-electron chi connectivity index (χ1n) is 26.1. The molecule has 1 aliphatic heterocycles. The van der Waals surface area contributed by atoms with Crippen LogP contribution in [-0.2, 0) is 0 Å². The zero-order chi connectivity index (χ0) is 51.0. The molecule has 76 heavy (non-hydrogen) atoms. The summed E-state index contributed by atoms with van der Waals surface area (Å²) in [5.74, 6) is 2.71. The summed E-state index contributed by atoms with van der Waals surface area (Å²) in [5.41, 5.74) is 16.8. The molecule has 0 fully saturated rings. The van der Waals surface area contributed by atoms with Crippen LogP contribution >= 0.6 is 0 Å². The van der Waals surface area contributed by atoms with Gasteiger partial charge in [-0.2, -0.15) is 0 Å². The third-order valence-electron chi connectivity index (χ3n) is 15.6. The third kappa shape index (κ3) is 7.22. The minimum absolute atomic E-state index is 0.0132. The largest absolute Gasteiger partial charge is 0.460 e. The predicted octanol–water partition coefficient (Wildman–Crippen LogP) is 20.0. The highest BCUT2D eigenvalue weighted by Crippen LogP contribution is 2.57. The quantitative estimate of drug-likeness (QED) is 0.101. The number of anilines is 5. The number of para-hydroxylation sites is 4. The van der Waals surface area contributed by atoms with Crippen LogP contribution in [0.5, 0.6) is 5.75 Å². The Kier molecular flexibility index (Phi) is 10.7. The number of rotatable bonds is 10. The van der Waals surface area contributed by atoms with Gasteiger partial charge in [0.05, 0.1) is 23.0 Å². The van der Waals surface area contributed by atoms with Crippen LogP contribution in [-0.4, -0.2) is 0 Å². The van der Waals surface area contributed by atoms with Gasteiger partial charge in [0.2, 0.25) is 0 Å². The van der Waals surface area contributed by atoms with Crippen molar-refractivity contribution in [3.8, 4) is 28.0 Å². The number of allylic oxidation sites excluding steroid dienone is 5. The molecule has 0 saturated carbocycles. The van der Waals surface area contributed by atoms with Crippen LogP contribution in [0.15, 0.2) is 257 Å². The lowest BCUT2D eigenvalue weighted by atomic mass is 9.79. The molecule has 12 aromatic rings. The Morgan fingerprint density at radius 1 is 0.513 bits per heavy atom. The Hall–Kier alpha value is -9.58. The second kappa shape index (κ2) is 18.1. The van der Waals surface area contributed by atoms with Gasteiger partial charge in [-0.1, -0.05) is 177 Å². The van der Waals surface area contributed by atoms with Crippen LogP contribution in [0.2, 0.25) is 0 Å². The van der Waals surface area contributed by atoms with E-state index in [1.54, 1.807) is 6.08 Å². The Bertz CT molecular complexity index is 4400. The minimum atomic E-state index is -0.0132. The number of furan rings is 2. The molecule has 14 rings (SSSR count). The molecule has 1 aliphatic carbocycles. The van der Waals surface area contributed by atoms with Crippen molar-refractivity contribution < 1.29 is 13.6 Å². The lowest BCUT2D eigenvalue weighted by Crippen LogP contribution is -2.22. The summed E-state index contributed by atoms with van der Waals surface area (Å²) in [6.07, 6.45) is 10.4. The number of hydrogen-bond donors (Lipinski definition) is 0. The topological polar surface area (TPSA) is 42.0 Å². The van der Waals surface area contributed by atoms with Gasteiger partial charge in [-0.15, -0.1) is 0 Å². The molecular formula is C71H52N2O3. The second-order valence-electron chi connectivity index (χ2n) is 20.1. The average molecular weight is 981 g/mol. The highest BCUT2D eigenvalue weighted by atomic mass is 16.5. The van der Waals surface area contributed by atoms with Gasteiger partial charge >= 0.3 is 0 Å². The Morgan fingerprint density at radius 3 is 1.87 bits per heavy atom. The Labute approximate surface area is 441 Å². The van der Waals surface area contributed by atoms with E-state index in [4.69, 9.17) is 13.6 Å². The van der Waals surface area contributed by atoms with E-state index in [9.17, 15) is 0 Å². The van der Waals surface area contributed by atoms with E-state index in [0.717, 1.165) is 123 Å². The molecule has 2 aromatic heterocycles. The summed E-state index contributed by atoms with van der Waals surface area (Å²) in [7, 11) is 0. The third-order valence-corrected chi connectivity index (χ3v) is 15.6. The van der Waals surface area contributed by atoms with Crippen molar-refractivity contribution in [2.45, 2.75) is 26.7 Å². The van der Waals surface area contributed by atoms with Gasteiger partial charge in [-0.05, 0) is 119 Å². The van der Waals surface area contributed by atoms with Gasteiger partial charge in [0, 0.05) is 66.9 Å². The Balaban J connectivity index is 0.953. The molecule has 364 valence electrons. The van der Waals surface area contributed by atoms with Crippen LogP contribution in [0.3, 0.4) is 0 Å². The van der Waals surface area contributed by atoms with E-state index in [1.807, 2.05) is 24.3 Å². The van der Waals surface area contributed by atoms with Gasteiger partial charge in [0.15, 0.2) is 5.58 Å². The fraction of sp³-hybridized carbons (Fsp3) is 0.0704. The highest BCUT2D eigenvalue weighted by molar-refractivity contribution is 6.16. The summed E-state index contributed by atoms with van der Waals surface area (Å²) in [6, 6.07) is 73.7. The standard InChI is InChI=1S/C71H52N2O3/c1-5-6-34-63-46(4)52-29-20-33-62(70(52)75-63)73(61-32-17-14-27-54(61)48-24-11-8-12-25-48)51-40-45(3)68-66(43-51)76-71-57-38-36-49(41-58(57)56-30-19-21-44(2)67(56)69(68)71)72(60-31-16-13-26-53(60)47-22-9-7-10-23-47)50-37-39-65-59(42-50)55-28-15-18-35-64(55)74-65/h5-43,45,68H,1H2,2-4H3/b34-6-. The Morgan fingerprint density at radius 2 is 1.12 bits per heavy atom. The van der Waals surface area contributed by atoms with Crippen molar-refractivity contribution >= 4 is 89.0 Å². The zero-order valence-electron chi connectivity index (χ0n) is 42.5. The van der Waals surface area contributed by atoms with E-state index >= 15 is 0 Å². The van der Waals surface area contributed by atoms with Gasteiger partial charge in [0.25, 0.3) is 0 Å². The maximum atomic E-state index is 7.43. The molecule has 0 saturated heterocycles. The number of hydrogen-bond acceptors (Lipinski definition) is 5. The van der Waals surface area contributed by atoms with E-state index < -0.39 is 0 Å². The average Bonchev–Trinajstić information content (AvgIpc) is 4.18. The molecule has 5 heteroatoms. The summed E-state index contributed by atoms with van der Waals surface area (Å²) in [4.78, 5) is 4.78. The molecule has 3 heterocycles. The lowest BCUT2D eigenvalue weighted by molar-refractivity contribution is 0.405. The van der Waals surface area contributed by atoms with Crippen LogP contribution in [0.25, 0.3) is 82.8 Å². The molecule has 5 nitrogen and oxygen atoms in total. The SMILES string of the molecule is C=C/C=C\c1oc2c(N(C3=CC(C)C4C(=C3)Oc3c4c4c(C)cccc4c4cc(N(c5ccc6oc7ccccc7c6c5)c5ccccc5-c5ccccc5)ccc34)c3ccccc3-c3ccccc3)cccc2c1C. The van der Waals surface area contributed by atoms with Crippen molar-refractivity contribution in [3.63, 3.8) is 0 Å². The van der Waals surface area contributed by atoms with Crippen molar-refractivity contribution in [1.82, 2.24) is 0 Å². The van der Waals surface area contributed by atoms with Gasteiger partial charge in [0.1, 0.15) is 28.4 Å². The molecule has 2 aliphatic rings. The lowest BCUT2D eigenvalue weighted by Gasteiger charge is -2.33. The van der Waals surface area contributed by atoms with Crippen LogP contribution in [0, 0.1) is 19.8 Å². The first-order chi connectivity index (χ1) is 37.4. The van der Waals surface area contributed by atoms with Crippen LogP contribution in [0.1, 0.15) is 35.3 Å². The van der Waals surface area contributed by atoms with Crippen molar-refractivity contribution in [2.24, 2.45) is 5.92 Å². The normalized spacial score (nSPS) is 15.0. The van der Waals surface area contributed by atoms with E-state index in [-0.39, 0.29) is 11.8 Å². The molecule has 2 atom stereocenters. The van der Waals surface area contributed by atoms with E-state index in [0.29, 0.717) is 0 Å². The van der Waals surface area contributed by atoms with Crippen molar-refractivity contribution in [3.05, 3.63) is 271 Å². The molecule has 0 bridgehead atoms. The first kappa shape index (κ1) is 45.1. The van der Waals surface area contributed by atoms with Crippen molar-refractivity contribution in [1.29, 1.82) is 0 Å². The molecule has 0 spiro atoms. The van der Waals surface area contributed by atoms with Gasteiger partial charge in [-0.25, -0.2) is 0 Å².